The van der Waals surface area contributed by atoms with Crippen LogP contribution in [0.2, 0.25) is 0 Å². The van der Waals surface area contributed by atoms with Crippen LogP contribution in [0, 0.1) is 12.8 Å². The Kier molecular flexibility index (Phi) is 7.94. The van der Waals surface area contributed by atoms with Crippen LogP contribution < -0.4 is 0 Å². The monoisotopic (exact) mass is 619 g/mol. The summed E-state index contributed by atoms with van der Waals surface area (Å²) in [5.74, 6) is -1.08. The molecule has 3 aromatic carbocycles. The fraction of sp³-hybridized carbons (Fsp3) is 0.195. The van der Waals surface area contributed by atoms with E-state index in [4.69, 9.17) is 9.72 Å². The maximum absolute atomic E-state index is 14.6. The number of hydrogen-bond donors (Lipinski definition) is 0. The van der Waals surface area contributed by atoms with Gasteiger partial charge in [0.05, 0.1) is 17.9 Å². The van der Waals surface area contributed by atoms with Gasteiger partial charge in [0.2, 0.25) is 0 Å². The summed E-state index contributed by atoms with van der Waals surface area (Å²) in [6.45, 7) is 7.37. The van der Waals surface area contributed by atoms with Gasteiger partial charge < -0.3 is 13.7 Å². The minimum absolute atomic E-state index is 0.0385. The molecule has 6 nitrogen and oxygen atoms in total. The van der Waals surface area contributed by atoms with E-state index in [0.717, 1.165) is 39.0 Å². The molecule has 0 saturated carbocycles. The van der Waals surface area contributed by atoms with Gasteiger partial charge in [-0.25, -0.2) is 4.98 Å². The Balaban J connectivity index is 1.41. The van der Waals surface area contributed by atoms with Crippen LogP contribution in [0.3, 0.4) is 0 Å². The highest BCUT2D eigenvalue weighted by atomic mass is 16.5. The fourth-order valence-corrected chi connectivity index (χ4v) is 7.63. The number of ether oxygens (including phenoxy) is 1. The van der Waals surface area contributed by atoms with Crippen molar-refractivity contribution in [3.63, 3.8) is 0 Å². The third-order valence-corrected chi connectivity index (χ3v) is 9.59. The van der Waals surface area contributed by atoms with Crippen LogP contribution in [0.15, 0.2) is 134 Å². The Labute approximate surface area is 275 Å². The standard InChI is InChI=1S/C41H37N3O3/c1-4-16-33-34-24-25-35(39(46)38(34)43-26-15-14-23-36(33)43)40(47-29(3)45)37-28(2)44(27-42-37)41(30-17-8-5-9-18-30,31-19-10-6-11-20-31)32-21-12-7-13-22-32/h4-15,17-23,26-27,35,40H,1,16,24-25H2,2-3H3. The molecule has 0 fully saturated rings. The predicted molar refractivity (Wildman–Crippen MR) is 184 cm³/mol. The number of pyridine rings is 1. The van der Waals surface area contributed by atoms with Gasteiger partial charge in [-0.15, -0.1) is 6.58 Å². The van der Waals surface area contributed by atoms with Gasteiger partial charge in [-0.05, 0) is 66.1 Å². The van der Waals surface area contributed by atoms with Gasteiger partial charge in [-0.3, -0.25) is 9.59 Å². The summed E-state index contributed by atoms with van der Waals surface area (Å²) in [6.07, 6.45) is 6.71. The number of fused-ring (bicyclic) bond motifs is 3. The van der Waals surface area contributed by atoms with Crippen molar-refractivity contribution in [2.75, 3.05) is 0 Å². The summed E-state index contributed by atoms with van der Waals surface area (Å²) in [7, 11) is 0. The molecule has 0 aliphatic heterocycles. The van der Waals surface area contributed by atoms with Gasteiger partial charge >= 0.3 is 5.97 Å². The fourth-order valence-electron chi connectivity index (χ4n) is 7.63. The van der Waals surface area contributed by atoms with E-state index in [0.29, 0.717) is 30.7 Å². The molecule has 47 heavy (non-hydrogen) atoms. The van der Waals surface area contributed by atoms with Gasteiger partial charge in [0.15, 0.2) is 11.9 Å². The number of nitrogens with zero attached hydrogens (tertiary/aromatic N) is 3. The largest absolute Gasteiger partial charge is 0.455 e. The van der Waals surface area contributed by atoms with Crippen molar-refractivity contribution in [1.82, 2.24) is 14.0 Å². The predicted octanol–water partition coefficient (Wildman–Crippen LogP) is 8.06. The number of esters is 1. The maximum Gasteiger partial charge on any atom is 0.303 e. The van der Waals surface area contributed by atoms with Gasteiger partial charge in [0, 0.05) is 24.3 Å². The summed E-state index contributed by atoms with van der Waals surface area (Å²) in [6, 6.07) is 37.1. The molecule has 0 bridgehead atoms. The molecule has 0 saturated heterocycles. The van der Waals surface area contributed by atoms with Crippen LogP contribution in [-0.4, -0.2) is 25.7 Å². The van der Waals surface area contributed by atoms with E-state index in [1.54, 1.807) is 0 Å². The maximum atomic E-state index is 14.6. The lowest BCUT2D eigenvalue weighted by molar-refractivity contribution is -0.149. The van der Waals surface area contributed by atoms with Gasteiger partial charge in [0.25, 0.3) is 0 Å². The average Bonchev–Trinajstić information content (AvgIpc) is 3.64. The SMILES string of the molecule is C=CCc1c2c(n3ccccc13)C(=O)C(C(OC(C)=O)c1ncn(C(c3ccccc3)(c3ccccc3)c3ccccc3)c1C)CC2. The molecular weight excluding hydrogens is 582 g/mol. The molecular formula is C41H37N3O3. The molecule has 1 aliphatic carbocycles. The van der Waals surface area contributed by atoms with E-state index in [1.807, 2.05) is 103 Å². The second-order valence-electron chi connectivity index (χ2n) is 12.2. The van der Waals surface area contributed by atoms with E-state index in [9.17, 15) is 9.59 Å². The van der Waals surface area contributed by atoms with Crippen LogP contribution in [0.1, 0.15) is 69.1 Å². The second-order valence-corrected chi connectivity index (χ2v) is 12.2. The van der Waals surface area contributed by atoms with E-state index < -0.39 is 23.5 Å². The van der Waals surface area contributed by atoms with Gasteiger partial charge in [0.1, 0.15) is 11.2 Å². The smallest absolute Gasteiger partial charge is 0.303 e. The Morgan fingerprint density at radius 1 is 0.936 bits per heavy atom. The molecule has 6 heteroatoms. The quantitative estimate of drug-likeness (QED) is 0.0933. The molecule has 1 aliphatic rings. The number of rotatable bonds is 9. The Bertz CT molecular complexity index is 1980. The first-order chi connectivity index (χ1) is 23.0. The normalized spacial score (nSPS) is 15.3. The van der Waals surface area contributed by atoms with Crippen LogP contribution >= 0.6 is 0 Å². The van der Waals surface area contributed by atoms with E-state index >= 15 is 0 Å². The van der Waals surface area contributed by atoms with Crippen LogP contribution in [0.4, 0.5) is 0 Å². The van der Waals surface area contributed by atoms with E-state index in [-0.39, 0.29) is 5.78 Å². The molecule has 2 atom stereocenters. The van der Waals surface area contributed by atoms with Crippen molar-refractivity contribution in [2.45, 2.75) is 44.8 Å². The van der Waals surface area contributed by atoms with Gasteiger partial charge in [-0.2, -0.15) is 0 Å². The van der Waals surface area contributed by atoms with Gasteiger partial charge in [-0.1, -0.05) is 103 Å². The number of carbonyl (C=O) groups excluding carboxylic acids is 2. The first kappa shape index (κ1) is 30.2. The number of aromatic nitrogens is 3. The first-order valence-corrected chi connectivity index (χ1v) is 16.1. The molecule has 0 spiro atoms. The lowest BCUT2D eigenvalue weighted by Gasteiger charge is -2.38. The van der Waals surface area contributed by atoms with Crippen molar-refractivity contribution in [3.05, 3.63) is 179 Å². The van der Waals surface area contributed by atoms with Crippen molar-refractivity contribution < 1.29 is 14.3 Å². The number of allylic oxidation sites excluding steroid dienone is 1. The number of Topliss-reactive ketones (excluding diaryl/α,β-unsaturated/α-hetero) is 1. The molecule has 0 amide bonds. The summed E-state index contributed by atoms with van der Waals surface area (Å²) in [4.78, 5) is 32.3. The Hall–Kier alpha value is -5.49. The topological polar surface area (TPSA) is 65.6 Å². The highest BCUT2D eigenvalue weighted by Crippen LogP contribution is 2.45. The zero-order valence-corrected chi connectivity index (χ0v) is 26.7. The highest BCUT2D eigenvalue weighted by Gasteiger charge is 2.44. The minimum Gasteiger partial charge on any atom is -0.455 e. The number of hydrogen-bond acceptors (Lipinski definition) is 4. The summed E-state index contributed by atoms with van der Waals surface area (Å²) >= 11 is 0. The van der Waals surface area contributed by atoms with Crippen molar-refractivity contribution in [3.8, 4) is 0 Å². The summed E-state index contributed by atoms with van der Waals surface area (Å²) in [5, 5.41) is 0. The lowest BCUT2D eigenvalue weighted by atomic mass is 9.76. The van der Waals surface area contributed by atoms with E-state index in [1.165, 1.54) is 6.92 Å². The number of carbonyl (C=O) groups is 2. The molecule has 6 aromatic rings. The second kappa shape index (κ2) is 12.4. The lowest BCUT2D eigenvalue weighted by Crippen LogP contribution is -2.38. The molecule has 2 unspecified atom stereocenters. The van der Waals surface area contributed by atoms with E-state index in [2.05, 4.69) is 47.5 Å². The van der Waals surface area contributed by atoms with Crippen molar-refractivity contribution in [2.24, 2.45) is 5.92 Å². The highest BCUT2D eigenvalue weighted by molar-refractivity contribution is 6.01. The zero-order chi connectivity index (χ0) is 32.5. The molecule has 0 N–H and O–H groups in total. The minimum atomic E-state index is -0.855. The number of ketones is 1. The zero-order valence-electron chi connectivity index (χ0n) is 26.7. The number of benzene rings is 3. The Morgan fingerprint density at radius 3 is 2.06 bits per heavy atom. The summed E-state index contributed by atoms with van der Waals surface area (Å²) in [5.41, 5.74) is 7.64. The third kappa shape index (κ3) is 4.92. The number of imidazole rings is 1. The van der Waals surface area contributed by atoms with Crippen LogP contribution in [0.5, 0.6) is 0 Å². The molecule has 3 heterocycles. The average molecular weight is 620 g/mol. The molecule has 234 valence electrons. The Morgan fingerprint density at radius 2 is 1.51 bits per heavy atom. The molecule has 7 rings (SSSR count). The third-order valence-electron chi connectivity index (χ3n) is 9.59. The summed E-state index contributed by atoms with van der Waals surface area (Å²) < 4.78 is 10.3. The van der Waals surface area contributed by atoms with Crippen molar-refractivity contribution >= 4 is 17.3 Å². The molecule has 0 radical (unpaired) electrons. The first-order valence-electron chi connectivity index (χ1n) is 16.1. The van der Waals surface area contributed by atoms with Crippen LogP contribution in [-0.2, 0) is 27.9 Å². The van der Waals surface area contributed by atoms with Crippen LogP contribution in [0.25, 0.3) is 5.52 Å². The molecule has 3 aromatic heterocycles. The van der Waals surface area contributed by atoms with Crippen molar-refractivity contribution in [1.29, 1.82) is 0 Å².